The van der Waals surface area contributed by atoms with Gasteiger partial charge in [0.15, 0.2) is 0 Å². The van der Waals surface area contributed by atoms with E-state index in [0.29, 0.717) is 6.54 Å². The van der Waals surface area contributed by atoms with Crippen molar-refractivity contribution in [3.8, 4) is 0 Å². The summed E-state index contributed by atoms with van der Waals surface area (Å²) in [5.74, 6) is 0. The van der Waals surface area contributed by atoms with Crippen molar-refractivity contribution < 1.29 is 9.90 Å². The zero-order chi connectivity index (χ0) is 15.1. The van der Waals surface area contributed by atoms with Gasteiger partial charge in [-0.2, -0.15) is 0 Å². The number of rotatable bonds is 6. The number of nitrogens with one attached hydrogen (secondary N) is 2. The van der Waals surface area contributed by atoms with Crippen LogP contribution in [0.15, 0.2) is 24.3 Å². The van der Waals surface area contributed by atoms with E-state index in [1.54, 1.807) is 0 Å². The summed E-state index contributed by atoms with van der Waals surface area (Å²) in [4.78, 5) is 14.0. The summed E-state index contributed by atoms with van der Waals surface area (Å²) in [6.07, 6.45) is 1.80. The Labute approximate surface area is 126 Å². The molecule has 5 heteroatoms. The van der Waals surface area contributed by atoms with Crippen LogP contribution in [-0.4, -0.2) is 48.3 Å². The van der Waals surface area contributed by atoms with Crippen LogP contribution in [0.25, 0.3) is 0 Å². The minimum atomic E-state index is -0.201. The van der Waals surface area contributed by atoms with Crippen LogP contribution in [0.4, 0.5) is 4.79 Å². The van der Waals surface area contributed by atoms with Crippen LogP contribution in [0, 0.1) is 0 Å². The first-order valence-corrected chi connectivity index (χ1v) is 7.67. The maximum atomic E-state index is 11.7. The van der Waals surface area contributed by atoms with Crippen molar-refractivity contribution >= 4 is 6.03 Å². The highest BCUT2D eigenvalue weighted by Gasteiger charge is 2.15. The quantitative estimate of drug-likeness (QED) is 0.736. The number of benzene rings is 1. The monoisotopic (exact) mass is 291 g/mol. The standard InChI is InChI=1S/C16H25N3O2/c1-2-15(12-20)18-16(21)17-8-10-19-9-7-13-5-3-4-6-14(13)11-19/h3-6,15,20H,2,7-12H2,1H3,(H2,17,18,21). The molecule has 0 bridgehead atoms. The number of aliphatic hydroxyl groups is 1. The van der Waals surface area contributed by atoms with Crippen molar-refractivity contribution in [2.24, 2.45) is 0 Å². The minimum absolute atomic E-state index is 0.0210. The van der Waals surface area contributed by atoms with Crippen LogP contribution < -0.4 is 10.6 Å². The molecule has 0 spiro atoms. The molecular weight excluding hydrogens is 266 g/mol. The minimum Gasteiger partial charge on any atom is -0.394 e. The Balaban J connectivity index is 1.69. The number of carbonyl (C=O) groups excluding carboxylic acids is 1. The fraction of sp³-hybridized carbons (Fsp3) is 0.562. The maximum Gasteiger partial charge on any atom is 0.315 e. The third-order valence-electron chi connectivity index (χ3n) is 3.97. The largest absolute Gasteiger partial charge is 0.394 e. The Bertz CT molecular complexity index is 461. The lowest BCUT2D eigenvalue weighted by molar-refractivity contribution is 0.210. The molecule has 1 aliphatic heterocycles. The van der Waals surface area contributed by atoms with Gasteiger partial charge in [-0.05, 0) is 24.0 Å². The van der Waals surface area contributed by atoms with Gasteiger partial charge in [-0.15, -0.1) is 0 Å². The van der Waals surface area contributed by atoms with Crippen molar-refractivity contribution in [2.45, 2.75) is 32.4 Å². The molecule has 2 amide bonds. The van der Waals surface area contributed by atoms with Gasteiger partial charge in [-0.25, -0.2) is 4.79 Å². The van der Waals surface area contributed by atoms with E-state index in [1.807, 2.05) is 6.92 Å². The number of aliphatic hydroxyl groups excluding tert-OH is 1. The Hall–Kier alpha value is -1.59. The van der Waals surface area contributed by atoms with E-state index in [-0.39, 0.29) is 18.7 Å². The van der Waals surface area contributed by atoms with Gasteiger partial charge in [0.2, 0.25) is 0 Å². The Morgan fingerprint density at radius 1 is 1.38 bits per heavy atom. The molecule has 21 heavy (non-hydrogen) atoms. The molecule has 1 unspecified atom stereocenters. The highest BCUT2D eigenvalue weighted by atomic mass is 16.3. The van der Waals surface area contributed by atoms with Gasteiger partial charge in [-0.3, -0.25) is 4.90 Å². The summed E-state index contributed by atoms with van der Waals surface area (Å²) in [5.41, 5.74) is 2.83. The fourth-order valence-corrected chi connectivity index (χ4v) is 2.59. The first kappa shape index (κ1) is 15.8. The van der Waals surface area contributed by atoms with Gasteiger partial charge >= 0.3 is 6.03 Å². The van der Waals surface area contributed by atoms with Crippen molar-refractivity contribution in [1.29, 1.82) is 0 Å². The first-order valence-electron chi connectivity index (χ1n) is 7.67. The second-order valence-corrected chi connectivity index (χ2v) is 5.48. The highest BCUT2D eigenvalue weighted by molar-refractivity contribution is 5.74. The number of hydrogen-bond acceptors (Lipinski definition) is 3. The molecule has 0 saturated carbocycles. The van der Waals surface area contributed by atoms with Crippen molar-refractivity contribution in [3.05, 3.63) is 35.4 Å². The molecule has 2 rings (SSSR count). The van der Waals surface area contributed by atoms with Gasteiger partial charge < -0.3 is 15.7 Å². The van der Waals surface area contributed by atoms with Crippen molar-refractivity contribution in [3.63, 3.8) is 0 Å². The van der Waals surface area contributed by atoms with Crippen LogP contribution in [0.3, 0.4) is 0 Å². The summed E-state index contributed by atoms with van der Waals surface area (Å²) in [5, 5.41) is 14.6. The Kier molecular flexibility index (Phi) is 6.02. The molecule has 116 valence electrons. The lowest BCUT2D eigenvalue weighted by atomic mass is 10.00. The van der Waals surface area contributed by atoms with Crippen LogP contribution in [-0.2, 0) is 13.0 Å². The fourth-order valence-electron chi connectivity index (χ4n) is 2.59. The molecule has 0 radical (unpaired) electrons. The summed E-state index contributed by atoms with van der Waals surface area (Å²) in [7, 11) is 0. The molecule has 5 nitrogen and oxygen atoms in total. The van der Waals surface area contributed by atoms with Crippen molar-refractivity contribution in [1.82, 2.24) is 15.5 Å². The molecule has 1 aliphatic rings. The van der Waals surface area contributed by atoms with Crippen LogP contribution >= 0.6 is 0 Å². The van der Waals surface area contributed by atoms with Crippen molar-refractivity contribution in [2.75, 3.05) is 26.2 Å². The number of carbonyl (C=O) groups is 1. The number of fused-ring (bicyclic) bond motifs is 1. The third kappa shape index (κ3) is 4.72. The molecule has 0 saturated heterocycles. The molecule has 3 N–H and O–H groups in total. The van der Waals surface area contributed by atoms with E-state index in [0.717, 1.165) is 32.5 Å². The molecule has 0 aliphatic carbocycles. The van der Waals surface area contributed by atoms with E-state index < -0.39 is 0 Å². The predicted molar refractivity (Wildman–Crippen MR) is 83.1 cm³/mol. The van der Waals surface area contributed by atoms with E-state index in [4.69, 9.17) is 5.11 Å². The molecular formula is C16H25N3O2. The number of urea groups is 1. The van der Waals surface area contributed by atoms with Gasteiger partial charge in [0.05, 0.1) is 12.6 Å². The zero-order valence-corrected chi connectivity index (χ0v) is 12.6. The number of hydrogen-bond donors (Lipinski definition) is 3. The Morgan fingerprint density at radius 3 is 2.86 bits per heavy atom. The predicted octanol–water partition coefficient (Wildman–Crippen LogP) is 1.11. The van der Waals surface area contributed by atoms with Gasteiger partial charge in [0.1, 0.15) is 0 Å². The van der Waals surface area contributed by atoms with E-state index in [9.17, 15) is 4.79 Å². The highest BCUT2D eigenvalue weighted by Crippen LogP contribution is 2.17. The molecule has 1 aromatic rings. The third-order valence-corrected chi connectivity index (χ3v) is 3.97. The normalized spacial score (nSPS) is 16.1. The smallest absolute Gasteiger partial charge is 0.315 e. The molecule has 1 heterocycles. The Morgan fingerprint density at radius 2 is 2.14 bits per heavy atom. The molecule has 1 atom stereocenters. The summed E-state index contributed by atoms with van der Waals surface area (Å²) in [6, 6.07) is 8.17. The summed E-state index contributed by atoms with van der Waals surface area (Å²) >= 11 is 0. The summed E-state index contributed by atoms with van der Waals surface area (Å²) in [6.45, 7) is 5.37. The SMILES string of the molecule is CCC(CO)NC(=O)NCCN1CCc2ccccc2C1. The van der Waals surface area contributed by atoms with Gasteiger partial charge in [0.25, 0.3) is 0 Å². The van der Waals surface area contributed by atoms with E-state index in [1.165, 1.54) is 11.1 Å². The van der Waals surface area contributed by atoms with E-state index in [2.05, 4.69) is 39.8 Å². The molecule has 1 aromatic carbocycles. The van der Waals surface area contributed by atoms with Gasteiger partial charge in [0, 0.05) is 26.2 Å². The average molecular weight is 291 g/mol. The molecule has 0 fully saturated rings. The number of nitrogens with zero attached hydrogens (tertiary/aromatic N) is 1. The maximum absolute atomic E-state index is 11.7. The van der Waals surface area contributed by atoms with Gasteiger partial charge in [-0.1, -0.05) is 31.2 Å². The second-order valence-electron chi connectivity index (χ2n) is 5.48. The molecule has 0 aromatic heterocycles. The van der Waals surface area contributed by atoms with E-state index >= 15 is 0 Å². The topological polar surface area (TPSA) is 64.6 Å². The van der Waals surface area contributed by atoms with Crippen LogP contribution in [0.2, 0.25) is 0 Å². The first-order chi connectivity index (χ1) is 10.2. The average Bonchev–Trinajstić information content (AvgIpc) is 2.52. The lowest BCUT2D eigenvalue weighted by Crippen LogP contribution is -2.46. The number of amides is 2. The van der Waals surface area contributed by atoms with Crippen LogP contribution in [0.1, 0.15) is 24.5 Å². The summed E-state index contributed by atoms with van der Waals surface area (Å²) < 4.78 is 0. The zero-order valence-electron chi connectivity index (χ0n) is 12.6. The lowest BCUT2D eigenvalue weighted by Gasteiger charge is -2.28. The second kappa shape index (κ2) is 8.00. The van der Waals surface area contributed by atoms with Crippen LogP contribution in [0.5, 0.6) is 0 Å².